The predicted molar refractivity (Wildman–Crippen MR) is 106 cm³/mol. The van der Waals surface area contributed by atoms with Crippen molar-refractivity contribution in [3.8, 4) is 5.75 Å². The van der Waals surface area contributed by atoms with E-state index in [0.717, 1.165) is 6.26 Å². The molecule has 30 heavy (non-hydrogen) atoms. The highest BCUT2D eigenvalue weighted by Gasteiger charge is 2.47. The van der Waals surface area contributed by atoms with E-state index in [-0.39, 0.29) is 17.3 Å². The van der Waals surface area contributed by atoms with Gasteiger partial charge in [0.05, 0.1) is 12.5 Å². The monoisotopic (exact) mass is 462 g/mol. The number of esters is 3. The third-order valence-electron chi connectivity index (χ3n) is 3.58. The molecule has 1 N–H and O–H groups in total. The average molecular weight is 463 g/mol. The molecule has 0 spiro atoms. The molecule has 13 heteroatoms. The molecule has 1 fully saturated rings. The van der Waals surface area contributed by atoms with Crippen molar-refractivity contribution < 1.29 is 41.7 Å². The Bertz CT molecular complexity index is 889. The molecular weight excluding hydrogens is 440 g/mol. The second-order valence-electron chi connectivity index (χ2n) is 6.37. The fourth-order valence-electron chi connectivity index (χ4n) is 2.64. The fraction of sp³-hybridized carbons (Fsp3) is 0.529. The van der Waals surface area contributed by atoms with Gasteiger partial charge in [-0.15, -0.1) is 11.8 Å². The van der Waals surface area contributed by atoms with E-state index in [0.29, 0.717) is 0 Å². The minimum Gasteiger partial charge on any atom is -0.474 e. The van der Waals surface area contributed by atoms with Crippen LogP contribution in [0.1, 0.15) is 20.8 Å². The zero-order chi connectivity index (χ0) is 22.5. The maximum atomic E-state index is 11.6. The van der Waals surface area contributed by atoms with Crippen LogP contribution in [0.4, 0.5) is 5.82 Å². The number of nitrogens with one attached hydrogen (secondary N) is 1. The third-order valence-corrected chi connectivity index (χ3v) is 5.38. The quantitative estimate of drug-likeness (QED) is 0.451. The Balaban J connectivity index is 2.23. The van der Waals surface area contributed by atoms with Crippen molar-refractivity contribution in [3.05, 3.63) is 18.3 Å². The van der Waals surface area contributed by atoms with Crippen LogP contribution in [0.15, 0.2) is 18.3 Å². The number of thioether (sulfide) groups is 1. The lowest BCUT2D eigenvalue weighted by molar-refractivity contribution is -0.186. The molecule has 0 unspecified atom stereocenters. The van der Waals surface area contributed by atoms with Crippen molar-refractivity contribution in [1.82, 2.24) is 4.98 Å². The molecule has 1 aliphatic rings. The van der Waals surface area contributed by atoms with E-state index < -0.39 is 51.7 Å². The van der Waals surface area contributed by atoms with Crippen molar-refractivity contribution >= 4 is 45.5 Å². The molecule has 1 aliphatic heterocycles. The summed E-state index contributed by atoms with van der Waals surface area (Å²) in [6, 6.07) is 2.88. The Labute approximate surface area is 177 Å². The SMILES string of the molecule is CC(=O)O[C@@H]1[C@@H](OC(C)=O)[C@@H](Oc2ccc(NS(C)(=O)=O)nc2)SC[C@H]1OC(C)=O. The highest BCUT2D eigenvalue weighted by atomic mass is 32.2. The highest BCUT2D eigenvalue weighted by Crippen LogP contribution is 2.34. The van der Waals surface area contributed by atoms with Crippen molar-refractivity contribution in [2.75, 3.05) is 16.7 Å². The number of aromatic nitrogens is 1. The van der Waals surface area contributed by atoms with Crippen LogP contribution in [0.25, 0.3) is 0 Å². The van der Waals surface area contributed by atoms with Crippen LogP contribution in [0.2, 0.25) is 0 Å². The fourth-order valence-corrected chi connectivity index (χ4v) is 4.36. The van der Waals surface area contributed by atoms with E-state index in [1.165, 1.54) is 50.9 Å². The zero-order valence-electron chi connectivity index (χ0n) is 16.7. The van der Waals surface area contributed by atoms with Gasteiger partial charge in [-0.05, 0) is 12.1 Å². The van der Waals surface area contributed by atoms with E-state index in [2.05, 4.69) is 9.71 Å². The number of pyridine rings is 1. The van der Waals surface area contributed by atoms with Crippen LogP contribution >= 0.6 is 11.8 Å². The maximum absolute atomic E-state index is 11.6. The van der Waals surface area contributed by atoms with Gasteiger partial charge in [0.15, 0.2) is 23.7 Å². The number of rotatable bonds is 7. The Morgan fingerprint density at radius 3 is 2.13 bits per heavy atom. The molecule has 1 aromatic rings. The van der Waals surface area contributed by atoms with Gasteiger partial charge in [-0.3, -0.25) is 19.1 Å². The van der Waals surface area contributed by atoms with Gasteiger partial charge in [0.1, 0.15) is 11.6 Å². The normalized spacial score (nSPS) is 23.7. The molecule has 0 aromatic carbocycles. The number of nitrogens with zero attached hydrogens (tertiary/aromatic N) is 1. The van der Waals surface area contributed by atoms with Gasteiger partial charge in [-0.2, -0.15) is 0 Å². The van der Waals surface area contributed by atoms with E-state index in [1.807, 2.05) is 0 Å². The molecule has 1 aromatic heterocycles. The minimum atomic E-state index is -3.48. The van der Waals surface area contributed by atoms with Crippen molar-refractivity contribution in [1.29, 1.82) is 0 Å². The first-order valence-electron chi connectivity index (χ1n) is 8.68. The predicted octanol–water partition coefficient (Wildman–Crippen LogP) is 0.700. The van der Waals surface area contributed by atoms with E-state index >= 15 is 0 Å². The molecule has 11 nitrogen and oxygen atoms in total. The number of anilines is 1. The largest absolute Gasteiger partial charge is 0.474 e. The van der Waals surface area contributed by atoms with Crippen molar-refractivity contribution in [2.24, 2.45) is 0 Å². The second kappa shape index (κ2) is 9.98. The molecule has 0 saturated carbocycles. The van der Waals surface area contributed by atoms with Crippen LogP contribution in [0, 0.1) is 0 Å². The molecule has 166 valence electrons. The minimum absolute atomic E-state index is 0.102. The third kappa shape index (κ3) is 7.37. The summed E-state index contributed by atoms with van der Waals surface area (Å²) >= 11 is 1.20. The van der Waals surface area contributed by atoms with E-state index in [9.17, 15) is 22.8 Å². The number of hydrogen-bond donors (Lipinski definition) is 1. The van der Waals surface area contributed by atoms with Crippen LogP contribution in [0.3, 0.4) is 0 Å². The highest BCUT2D eigenvalue weighted by molar-refractivity contribution is 7.99. The first-order valence-corrected chi connectivity index (χ1v) is 11.6. The van der Waals surface area contributed by atoms with Gasteiger partial charge in [0.25, 0.3) is 0 Å². The van der Waals surface area contributed by atoms with E-state index in [1.54, 1.807) is 0 Å². The van der Waals surface area contributed by atoms with Gasteiger partial charge in [-0.1, -0.05) is 0 Å². The Kier molecular flexibility index (Phi) is 7.89. The number of hydrogen-bond acceptors (Lipinski definition) is 11. The van der Waals surface area contributed by atoms with Gasteiger partial charge < -0.3 is 18.9 Å². The number of carbonyl (C=O) groups excluding carboxylic acids is 3. The zero-order valence-corrected chi connectivity index (χ0v) is 18.3. The standard InChI is InChI=1S/C17H22N2O9S2/c1-9(20)25-13-8-29-17(16(27-11(3)22)15(13)26-10(2)21)28-12-5-6-14(18-7-12)19-30(4,23)24/h5-7,13,15-17H,8H2,1-4H3,(H,18,19)/t13-,15+,16-,17+/m1/s1. The summed E-state index contributed by atoms with van der Waals surface area (Å²) in [4.78, 5) is 38.6. The summed E-state index contributed by atoms with van der Waals surface area (Å²) in [7, 11) is -3.48. The molecule has 2 rings (SSSR count). The van der Waals surface area contributed by atoms with Crippen molar-refractivity contribution in [3.63, 3.8) is 0 Å². The molecule has 0 bridgehead atoms. The van der Waals surface area contributed by atoms with Crippen molar-refractivity contribution in [2.45, 2.75) is 44.5 Å². The topological polar surface area (TPSA) is 147 Å². The number of carbonyl (C=O) groups is 3. The molecule has 0 radical (unpaired) electrons. The molecule has 4 atom stereocenters. The van der Waals surface area contributed by atoms with Gasteiger partial charge >= 0.3 is 17.9 Å². The summed E-state index contributed by atoms with van der Waals surface area (Å²) in [5, 5.41) is 0. The number of ether oxygens (including phenoxy) is 4. The first-order chi connectivity index (χ1) is 13.9. The Hall–Kier alpha value is -2.54. The summed E-state index contributed by atoms with van der Waals surface area (Å²) in [5.74, 6) is -1.27. The lowest BCUT2D eigenvalue weighted by Crippen LogP contribution is -2.55. The average Bonchev–Trinajstić information content (AvgIpc) is 2.59. The Morgan fingerprint density at radius 2 is 1.63 bits per heavy atom. The van der Waals surface area contributed by atoms with Crippen LogP contribution < -0.4 is 9.46 Å². The van der Waals surface area contributed by atoms with Crippen LogP contribution in [0.5, 0.6) is 5.75 Å². The first kappa shape index (κ1) is 23.7. The molecule has 1 saturated heterocycles. The summed E-state index contributed by atoms with van der Waals surface area (Å²) in [6.07, 6.45) is -0.683. The smallest absolute Gasteiger partial charge is 0.303 e. The number of sulfonamides is 1. The lowest BCUT2D eigenvalue weighted by atomic mass is 10.1. The second-order valence-corrected chi connectivity index (χ2v) is 9.25. The molecule has 0 amide bonds. The maximum Gasteiger partial charge on any atom is 0.303 e. The Morgan fingerprint density at radius 1 is 1.03 bits per heavy atom. The van der Waals surface area contributed by atoms with Gasteiger partial charge in [0, 0.05) is 26.5 Å². The molecular formula is C17H22N2O9S2. The summed E-state index contributed by atoms with van der Waals surface area (Å²) < 4.78 is 46.4. The summed E-state index contributed by atoms with van der Waals surface area (Å²) in [5.41, 5.74) is -0.805. The van der Waals surface area contributed by atoms with E-state index in [4.69, 9.17) is 18.9 Å². The molecule has 2 heterocycles. The van der Waals surface area contributed by atoms with Crippen LogP contribution in [-0.2, 0) is 38.6 Å². The lowest BCUT2D eigenvalue weighted by Gasteiger charge is -2.39. The van der Waals surface area contributed by atoms with Gasteiger partial charge in [0.2, 0.25) is 10.0 Å². The van der Waals surface area contributed by atoms with Crippen LogP contribution in [-0.4, -0.2) is 67.1 Å². The molecule has 0 aliphatic carbocycles. The summed E-state index contributed by atoms with van der Waals surface area (Å²) in [6.45, 7) is 3.59. The van der Waals surface area contributed by atoms with Gasteiger partial charge in [-0.25, -0.2) is 13.4 Å².